The van der Waals surface area contributed by atoms with Gasteiger partial charge in [0, 0.05) is 0 Å². The summed E-state index contributed by atoms with van der Waals surface area (Å²) in [7, 11) is 0. The SMILES string of the molecule is CCCCCCCCCCCCCCCCCCn1cc[n+](CCC)c1-c1ccccc1. The second-order valence-electron chi connectivity index (χ2n) is 9.68. The van der Waals surface area contributed by atoms with Gasteiger partial charge in [0.1, 0.15) is 12.4 Å². The van der Waals surface area contributed by atoms with Gasteiger partial charge in [-0.3, -0.25) is 0 Å². The van der Waals surface area contributed by atoms with E-state index in [1.807, 2.05) is 0 Å². The number of aromatic nitrogens is 2. The molecule has 1 aromatic carbocycles. The van der Waals surface area contributed by atoms with Gasteiger partial charge in [0.2, 0.25) is 0 Å². The highest BCUT2D eigenvalue weighted by Gasteiger charge is 2.18. The minimum atomic E-state index is 1.09. The van der Waals surface area contributed by atoms with Crippen molar-refractivity contribution in [2.45, 2.75) is 136 Å². The van der Waals surface area contributed by atoms with Crippen molar-refractivity contribution < 1.29 is 4.57 Å². The maximum atomic E-state index is 2.47. The predicted molar refractivity (Wildman–Crippen MR) is 140 cm³/mol. The van der Waals surface area contributed by atoms with E-state index in [0.29, 0.717) is 0 Å². The first-order valence-electron chi connectivity index (χ1n) is 14.0. The van der Waals surface area contributed by atoms with Crippen molar-refractivity contribution in [3.8, 4) is 11.4 Å². The second kappa shape index (κ2) is 17.9. The standard InChI is InChI=1S/C30H51N2/c1-3-5-6-7-8-9-10-11-12-13-14-15-16-17-18-22-26-32-28-27-31(25-4-2)30(32)29-23-20-19-21-24-29/h19-21,23-24,27-28H,3-18,22,25-26H2,1-2H3/q+1. The third kappa shape index (κ3) is 10.8. The zero-order valence-electron chi connectivity index (χ0n) is 21.4. The Morgan fingerprint density at radius 1 is 0.594 bits per heavy atom. The average Bonchev–Trinajstić information content (AvgIpc) is 3.22. The Labute approximate surface area is 199 Å². The summed E-state index contributed by atoms with van der Waals surface area (Å²) in [5, 5.41) is 0. The second-order valence-corrected chi connectivity index (χ2v) is 9.68. The van der Waals surface area contributed by atoms with Crippen molar-refractivity contribution in [3.63, 3.8) is 0 Å². The maximum Gasteiger partial charge on any atom is 0.288 e. The average molecular weight is 440 g/mol. The van der Waals surface area contributed by atoms with E-state index in [2.05, 4.69) is 65.7 Å². The van der Waals surface area contributed by atoms with Crippen LogP contribution < -0.4 is 4.57 Å². The molecule has 2 rings (SSSR count). The van der Waals surface area contributed by atoms with Gasteiger partial charge in [0.25, 0.3) is 5.82 Å². The molecule has 1 heterocycles. The van der Waals surface area contributed by atoms with Gasteiger partial charge in [-0.15, -0.1) is 0 Å². The minimum Gasteiger partial charge on any atom is -0.230 e. The molecule has 0 N–H and O–H groups in total. The van der Waals surface area contributed by atoms with Crippen LogP contribution in [0.4, 0.5) is 0 Å². The Morgan fingerprint density at radius 2 is 1.09 bits per heavy atom. The van der Waals surface area contributed by atoms with Crippen LogP contribution in [0.3, 0.4) is 0 Å². The largest absolute Gasteiger partial charge is 0.288 e. The lowest BCUT2D eigenvalue weighted by Gasteiger charge is -2.06. The molecule has 0 aliphatic heterocycles. The highest BCUT2D eigenvalue weighted by molar-refractivity contribution is 5.52. The molecule has 180 valence electrons. The van der Waals surface area contributed by atoms with E-state index in [1.54, 1.807) is 0 Å². The quantitative estimate of drug-likeness (QED) is 0.144. The molecule has 0 aliphatic rings. The van der Waals surface area contributed by atoms with Crippen LogP contribution in [0, 0.1) is 0 Å². The lowest BCUT2D eigenvalue weighted by molar-refractivity contribution is -0.685. The summed E-state index contributed by atoms with van der Waals surface area (Å²) in [5.74, 6) is 1.37. The molecule has 0 fully saturated rings. The Balaban J connectivity index is 1.50. The molecule has 0 unspecified atom stereocenters. The van der Waals surface area contributed by atoms with Crippen molar-refractivity contribution >= 4 is 0 Å². The first kappa shape index (κ1) is 26.7. The molecule has 0 amide bonds. The lowest BCUT2D eigenvalue weighted by Crippen LogP contribution is -2.34. The summed E-state index contributed by atoms with van der Waals surface area (Å²) in [4.78, 5) is 0. The number of unbranched alkanes of at least 4 members (excludes halogenated alkanes) is 15. The van der Waals surface area contributed by atoms with Gasteiger partial charge in [0.15, 0.2) is 0 Å². The maximum absolute atomic E-state index is 2.47. The van der Waals surface area contributed by atoms with Crippen LogP contribution in [0.25, 0.3) is 11.4 Å². The third-order valence-corrected chi connectivity index (χ3v) is 6.72. The zero-order valence-corrected chi connectivity index (χ0v) is 21.4. The molecule has 0 aliphatic carbocycles. The number of rotatable bonds is 20. The first-order chi connectivity index (χ1) is 15.9. The van der Waals surface area contributed by atoms with Gasteiger partial charge >= 0.3 is 0 Å². The topological polar surface area (TPSA) is 8.81 Å². The van der Waals surface area contributed by atoms with Gasteiger partial charge in [-0.05, 0) is 31.4 Å². The van der Waals surface area contributed by atoms with E-state index >= 15 is 0 Å². The highest BCUT2D eigenvalue weighted by Crippen LogP contribution is 2.18. The van der Waals surface area contributed by atoms with Crippen LogP contribution in [-0.2, 0) is 13.1 Å². The fourth-order valence-electron chi connectivity index (χ4n) is 4.82. The molecule has 0 radical (unpaired) electrons. The van der Waals surface area contributed by atoms with E-state index in [0.717, 1.165) is 13.1 Å². The van der Waals surface area contributed by atoms with Gasteiger partial charge in [-0.2, -0.15) is 0 Å². The summed E-state index contributed by atoms with van der Waals surface area (Å²) in [6.07, 6.45) is 28.6. The van der Waals surface area contributed by atoms with Gasteiger partial charge in [-0.1, -0.05) is 122 Å². The number of aryl methyl sites for hydroxylation is 2. The molecule has 1 aromatic heterocycles. The van der Waals surface area contributed by atoms with E-state index in [9.17, 15) is 0 Å². The van der Waals surface area contributed by atoms with Crippen molar-refractivity contribution in [3.05, 3.63) is 42.7 Å². The highest BCUT2D eigenvalue weighted by atomic mass is 15.1. The van der Waals surface area contributed by atoms with Crippen molar-refractivity contribution in [1.82, 2.24) is 4.57 Å². The van der Waals surface area contributed by atoms with Crippen molar-refractivity contribution in [2.75, 3.05) is 0 Å². The summed E-state index contributed by atoms with van der Waals surface area (Å²) < 4.78 is 4.89. The summed E-state index contributed by atoms with van der Waals surface area (Å²) >= 11 is 0. The molecule has 32 heavy (non-hydrogen) atoms. The summed E-state index contributed by atoms with van der Waals surface area (Å²) in [6.45, 7) is 6.79. The Hall–Kier alpha value is -1.57. The van der Waals surface area contributed by atoms with E-state index < -0.39 is 0 Å². The molecule has 2 heteroatoms. The number of nitrogens with zero attached hydrogens (tertiary/aromatic N) is 2. The zero-order chi connectivity index (χ0) is 22.7. The van der Waals surface area contributed by atoms with Crippen molar-refractivity contribution in [1.29, 1.82) is 0 Å². The molecule has 0 bridgehead atoms. The third-order valence-electron chi connectivity index (χ3n) is 6.72. The van der Waals surface area contributed by atoms with E-state index in [-0.39, 0.29) is 0 Å². The monoisotopic (exact) mass is 439 g/mol. The smallest absolute Gasteiger partial charge is 0.230 e. The van der Waals surface area contributed by atoms with Crippen LogP contribution in [-0.4, -0.2) is 4.57 Å². The Bertz CT molecular complexity index is 673. The Kier molecular flexibility index (Phi) is 14.9. The minimum absolute atomic E-state index is 1.09. The van der Waals surface area contributed by atoms with Crippen LogP contribution in [0.2, 0.25) is 0 Å². The van der Waals surface area contributed by atoms with E-state index in [1.165, 1.54) is 121 Å². The fraction of sp³-hybridized carbons (Fsp3) is 0.700. The number of imidazole rings is 1. The number of hydrogen-bond acceptors (Lipinski definition) is 0. The Morgan fingerprint density at radius 3 is 1.59 bits per heavy atom. The van der Waals surface area contributed by atoms with Crippen LogP contribution in [0.1, 0.15) is 123 Å². The predicted octanol–water partition coefficient (Wildman–Crippen LogP) is 9.11. The van der Waals surface area contributed by atoms with Crippen LogP contribution in [0.5, 0.6) is 0 Å². The van der Waals surface area contributed by atoms with E-state index in [4.69, 9.17) is 0 Å². The fourth-order valence-corrected chi connectivity index (χ4v) is 4.82. The molecule has 2 nitrogen and oxygen atoms in total. The molecule has 2 aromatic rings. The molecule has 0 atom stereocenters. The number of hydrogen-bond donors (Lipinski definition) is 0. The molecule has 0 spiro atoms. The van der Waals surface area contributed by atoms with Gasteiger partial charge in [0.05, 0.1) is 18.7 Å². The molecular formula is C30H51N2+. The lowest BCUT2D eigenvalue weighted by atomic mass is 10.0. The molecular weight excluding hydrogens is 388 g/mol. The number of benzene rings is 1. The normalized spacial score (nSPS) is 11.3. The van der Waals surface area contributed by atoms with Gasteiger partial charge in [-0.25, -0.2) is 9.13 Å². The summed E-state index contributed by atoms with van der Waals surface area (Å²) in [6, 6.07) is 10.9. The molecule has 0 saturated carbocycles. The van der Waals surface area contributed by atoms with Crippen LogP contribution >= 0.6 is 0 Å². The first-order valence-corrected chi connectivity index (χ1v) is 14.0. The molecule has 0 saturated heterocycles. The van der Waals surface area contributed by atoms with Crippen LogP contribution in [0.15, 0.2) is 42.7 Å². The summed E-state index contributed by atoms with van der Waals surface area (Å²) in [5.41, 5.74) is 1.34. The van der Waals surface area contributed by atoms with Crippen molar-refractivity contribution in [2.24, 2.45) is 0 Å². The van der Waals surface area contributed by atoms with Gasteiger partial charge < -0.3 is 0 Å².